The van der Waals surface area contributed by atoms with Gasteiger partial charge in [-0.25, -0.2) is 0 Å². The van der Waals surface area contributed by atoms with E-state index in [0.717, 1.165) is 74.0 Å². The Balaban J connectivity index is 0.982. The maximum atomic E-state index is 6.10. The number of unbranched alkanes of at least 4 members (excludes halogenated alkanes) is 1. The molecule has 0 heterocycles. The minimum absolute atomic E-state index is 0.455. The molecule has 0 atom stereocenters. The molecule has 0 aliphatic heterocycles. The number of nitrogens with two attached hydrogens (primary N) is 2. The second kappa shape index (κ2) is 16.1. The van der Waals surface area contributed by atoms with E-state index in [1.165, 1.54) is 10.8 Å². The molecular formula is C32H42N8. The third-order valence-corrected chi connectivity index (χ3v) is 6.65. The fourth-order valence-corrected chi connectivity index (χ4v) is 4.58. The Hall–Kier alpha value is -4.14. The lowest BCUT2D eigenvalue weighted by Gasteiger charge is -2.09. The lowest BCUT2D eigenvalue weighted by atomic mass is 10.1. The van der Waals surface area contributed by atoms with E-state index >= 15 is 0 Å². The van der Waals surface area contributed by atoms with Crippen molar-refractivity contribution in [3.05, 3.63) is 84.9 Å². The summed E-state index contributed by atoms with van der Waals surface area (Å²) >= 11 is 0. The number of anilines is 2. The SMILES string of the molecule is NC(=NCCCNCCCCNCCCN=C(N)Nc1cccc2ccccc12)Nc1cccc2ccccc12. The van der Waals surface area contributed by atoms with Crippen LogP contribution in [0.15, 0.2) is 94.9 Å². The second-order valence-corrected chi connectivity index (χ2v) is 9.75. The number of hydrogen-bond donors (Lipinski definition) is 6. The van der Waals surface area contributed by atoms with Gasteiger partial charge in [0.05, 0.1) is 0 Å². The lowest BCUT2D eigenvalue weighted by molar-refractivity contribution is 0.570. The molecule has 0 radical (unpaired) electrons. The summed E-state index contributed by atoms with van der Waals surface area (Å²) in [6.07, 6.45) is 4.19. The smallest absolute Gasteiger partial charge is 0.193 e. The van der Waals surface area contributed by atoms with Gasteiger partial charge in [-0.05, 0) is 74.8 Å². The monoisotopic (exact) mass is 538 g/mol. The molecule has 0 bridgehead atoms. The molecular weight excluding hydrogens is 496 g/mol. The molecule has 4 aromatic carbocycles. The first kappa shape index (κ1) is 28.9. The zero-order valence-corrected chi connectivity index (χ0v) is 23.2. The third kappa shape index (κ3) is 9.25. The standard InChI is InChI=1S/C32H42N8/c33-31(39-29-17-7-13-25-11-1-3-15-27(25)29)37-23-9-21-35-19-5-6-20-36-22-10-24-38-32(34)40-30-18-8-14-26-12-2-4-16-28(26)30/h1-4,7-8,11-18,35-36H,5-6,9-10,19-24H2,(H3,33,37,39)(H3,34,38,40). The third-order valence-electron chi connectivity index (χ3n) is 6.65. The largest absolute Gasteiger partial charge is 0.370 e. The van der Waals surface area contributed by atoms with Gasteiger partial charge in [0, 0.05) is 35.2 Å². The zero-order valence-electron chi connectivity index (χ0n) is 23.2. The topological polar surface area (TPSA) is 125 Å². The Kier molecular flexibility index (Phi) is 11.6. The van der Waals surface area contributed by atoms with Crippen molar-refractivity contribution in [2.24, 2.45) is 21.5 Å². The summed E-state index contributed by atoms with van der Waals surface area (Å²) in [6, 6.07) is 28.8. The van der Waals surface area contributed by atoms with Gasteiger partial charge in [-0.3, -0.25) is 9.98 Å². The van der Waals surface area contributed by atoms with E-state index in [1.807, 2.05) is 48.5 Å². The molecule has 8 heteroatoms. The van der Waals surface area contributed by atoms with Gasteiger partial charge < -0.3 is 32.7 Å². The number of benzene rings is 4. The van der Waals surface area contributed by atoms with Crippen LogP contribution in [0.5, 0.6) is 0 Å². The van der Waals surface area contributed by atoms with Gasteiger partial charge in [0.1, 0.15) is 0 Å². The molecule has 0 fully saturated rings. The second-order valence-electron chi connectivity index (χ2n) is 9.75. The molecule has 0 unspecified atom stereocenters. The highest BCUT2D eigenvalue weighted by atomic mass is 15.1. The van der Waals surface area contributed by atoms with Crippen LogP contribution in [-0.4, -0.2) is 51.2 Å². The van der Waals surface area contributed by atoms with Crippen molar-refractivity contribution in [3.63, 3.8) is 0 Å². The summed E-state index contributed by atoms with van der Waals surface area (Å²) < 4.78 is 0. The first-order valence-corrected chi connectivity index (χ1v) is 14.2. The first-order valence-electron chi connectivity index (χ1n) is 14.2. The molecule has 0 saturated heterocycles. The van der Waals surface area contributed by atoms with Crippen LogP contribution in [-0.2, 0) is 0 Å². The fraction of sp³-hybridized carbons (Fsp3) is 0.312. The van der Waals surface area contributed by atoms with Gasteiger partial charge in [-0.2, -0.15) is 0 Å². The van der Waals surface area contributed by atoms with E-state index in [0.29, 0.717) is 25.0 Å². The van der Waals surface area contributed by atoms with E-state index in [1.54, 1.807) is 0 Å². The van der Waals surface area contributed by atoms with Crippen molar-refractivity contribution >= 4 is 44.8 Å². The van der Waals surface area contributed by atoms with Crippen molar-refractivity contribution in [2.75, 3.05) is 49.9 Å². The minimum Gasteiger partial charge on any atom is -0.370 e. The quantitative estimate of drug-likeness (QED) is 0.0728. The molecule has 0 aromatic heterocycles. The van der Waals surface area contributed by atoms with Gasteiger partial charge in [-0.15, -0.1) is 0 Å². The van der Waals surface area contributed by atoms with Crippen molar-refractivity contribution < 1.29 is 0 Å². The van der Waals surface area contributed by atoms with Crippen LogP contribution in [0.3, 0.4) is 0 Å². The van der Waals surface area contributed by atoms with E-state index in [2.05, 4.69) is 67.7 Å². The fourth-order valence-electron chi connectivity index (χ4n) is 4.58. The Morgan fingerprint density at radius 2 is 0.900 bits per heavy atom. The van der Waals surface area contributed by atoms with Gasteiger partial charge in [-0.1, -0.05) is 72.8 Å². The van der Waals surface area contributed by atoms with E-state index < -0.39 is 0 Å². The number of fused-ring (bicyclic) bond motifs is 2. The Morgan fingerprint density at radius 3 is 1.38 bits per heavy atom. The maximum absolute atomic E-state index is 6.10. The molecule has 210 valence electrons. The average Bonchev–Trinajstić information content (AvgIpc) is 2.98. The number of aliphatic imine (C=N–C) groups is 2. The predicted molar refractivity (Wildman–Crippen MR) is 172 cm³/mol. The molecule has 0 aliphatic carbocycles. The molecule has 4 rings (SSSR count). The van der Waals surface area contributed by atoms with Crippen LogP contribution >= 0.6 is 0 Å². The van der Waals surface area contributed by atoms with Crippen molar-refractivity contribution in [3.8, 4) is 0 Å². The summed E-state index contributed by atoms with van der Waals surface area (Å²) in [7, 11) is 0. The van der Waals surface area contributed by atoms with Gasteiger partial charge in [0.2, 0.25) is 0 Å². The van der Waals surface area contributed by atoms with E-state index in [4.69, 9.17) is 11.5 Å². The number of guanidine groups is 2. The molecule has 8 N–H and O–H groups in total. The van der Waals surface area contributed by atoms with Crippen LogP contribution in [0, 0.1) is 0 Å². The highest BCUT2D eigenvalue weighted by Gasteiger charge is 2.02. The lowest BCUT2D eigenvalue weighted by Crippen LogP contribution is -2.24. The molecule has 0 amide bonds. The van der Waals surface area contributed by atoms with Gasteiger partial charge >= 0.3 is 0 Å². The minimum atomic E-state index is 0.455. The van der Waals surface area contributed by atoms with Crippen molar-refractivity contribution in [1.29, 1.82) is 0 Å². The molecule has 4 aromatic rings. The van der Waals surface area contributed by atoms with Crippen LogP contribution in [0.25, 0.3) is 21.5 Å². The highest BCUT2D eigenvalue weighted by molar-refractivity contribution is 6.03. The summed E-state index contributed by atoms with van der Waals surface area (Å²) in [4.78, 5) is 8.93. The zero-order chi connectivity index (χ0) is 27.8. The van der Waals surface area contributed by atoms with Crippen LogP contribution in [0.1, 0.15) is 25.7 Å². The van der Waals surface area contributed by atoms with Crippen molar-refractivity contribution in [2.45, 2.75) is 25.7 Å². The normalized spacial score (nSPS) is 12.2. The molecule has 0 aliphatic rings. The maximum Gasteiger partial charge on any atom is 0.193 e. The Bertz CT molecular complexity index is 1280. The first-order chi connectivity index (χ1) is 19.7. The average molecular weight is 539 g/mol. The predicted octanol–water partition coefficient (Wildman–Crippen LogP) is 4.89. The number of rotatable bonds is 15. The Morgan fingerprint density at radius 1 is 0.500 bits per heavy atom. The van der Waals surface area contributed by atoms with Crippen LogP contribution < -0.4 is 32.7 Å². The highest BCUT2D eigenvalue weighted by Crippen LogP contribution is 2.23. The van der Waals surface area contributed by atoms with E-state index in [9.17, 15) is 0 Å². The Labute approximate surface area is 237 Å². The van der Waals surface area contributed by atoms with Crippen LogP contribution in [0.2, 0.25) is 0 Å². The van der Waals surface area contributed by atoms with Crippen LogP contribution in [0.4, 0.5) is 11.4 Å². The summed E-state index contributed by atoms with van der Waals surface area (Å²) in [6.45, 7) is 5.28. The molecule has 8 nitrogen and oxygen atoms in total. The number of nitrogens with zero attached hydrogens (tertiary/aromatic N) is 2. The molecule has 0 spiro atoms. The summed E-state index contributed by atoms with van der Waals surface area (Å²) in [5.74, 6) is 0.911. The van der Waals surface area contributed by atoms with Gasteiger partial charge in [0.25, 0.3) is 0 Å². The van der Waals surface area contributed by atoms with E-state index in [-0.39, 0.29) is 0 Å². The summed E-state index contributed by atoms with van der Waals surface area (Å²) in [5.41, 5.74) is 14.2. The molecule has 0 saturated carbocycles. The summed E-state index contributed by atoms with van der Waals surface area (Å²) in [5, 5.41) is 18.1. The number of nitrogens with one attached hydrogen (secondary N) is 4. The van der Waals surface area contributed by atoms with Gasteiger partial charge in [0.15, 0.2) is 11.9 Å². The van der Waals surface area contributed by atoms with Crippen molar-refractivity contribution in [1.82, 2.24) is 10.6 Å². The number of hydrogen-bond acceptors (Lipinski definition) is 4. The molecule has 40 heavy (non-hydrogen) atoms.